The Kier molecular flexibility index (Phi) is 4.37. The zero-order chi connectivity index (χ0) is 14.5. The molecule has 1 heterocycles. The molecule has 0 fully saturated rings. The van der Waals surface area contributed by atoms with E-state index in [1.807, 2.05) is 30.3 Å². The summed E-state index contributed by atoms with van der Waals surface area (Å²) >= 11 is 1.14. The van der Waals surface area contributed by atoms with E-state index in [2.05, 4.69) is 10.6 Å². The Morgan fingerprint density at radius 3 is 2.55 bits per heavy atom. The molecule has 2 rings (SSSR count). The molecule has 6 heteroatoms. The van der Waals surface area contributed by atoms with Gasteiger partial charge in [-0.2, -0.15) is 0 Å². The molecule has 0 radical (unpaired) electrons. The van der Waals surface area contributed by atoms with E-state index in [1.165, 1.54) is 6.07 Å². The number of aromatic carboxylic acids is 1. The standard InChI is InChI=1S/C14H14N2O3S/c1-9-11(7-12(20-9)13(17)18)16-14(19)15-8-10-5-3-2-4-6-10/h2-7H,8H2,1H3,(H,17,18)(H2,15,16,19). The average Bonchev–Trinajstić information content (AvgIpc) is 2.79. The number of urea groups is 1. The fourth-order valence-corrected chi connectivity index (χ4v) is 2.47. The number of carbonyl (C=O) groups excluding carboxylic acids is 1. The average molecular weight is 290 g/mol. The van der Waals surface area contributed by atoms with Crippen LogP contribution in [-0.4, -0.2) is 17.1 Å². The molecular weight excluding hydrogens is 276 g/mol. The molecule has 3 N–H and O–H groups in total. The van der Waals surface area contributed by atoms with Crippen molar-refractivity contribution < 1.29 is 14.7 Å². The smallest absolute Gasteiger partial charge is 0.345 e. The molecule has 104 valence electrons. The number of hydrogen-bond donors (Lipinski definition) is 3. The monoisotopic (exact) mass is 290 g/mol. The molecule has 20 heavy (non-hydrogen) atoms. The lowest BCUT2D eigenvalue weighted by atomic mass is 10.2. The maximum Gasteiger partial charge on any atom is 0.345 e. The van der Waals surface area contributed by atoms with Crippen molar-refractivity contribution in [1.82, 2.24) is 5.32 Å². The van der Waals surface area contributed by atoms with Crippen LogP contribution >= 0.6 is 11.3 Å². The molecule has 2 amide bonds. The first-order valence-electron chi connectivity index (χ1n) is 5.99. The highest BCUT2D eigenvalue weighted by Crippen LogP contribution is 2.26. The molecule has 0 unspecified atom stereocenters. The van der Waals surface area contributed by atoms with Crippen molar-refractivity contribution in [3.8, 4) is 0 Å². The zero-order valence-electron chi connectivity index (χ0n) is 10.8. The van der Waals surface area contributed by atoms with Crippen molar-refractivity contribution in [3.63, 3.8) is 0 Å². The summed E-state index contributed by atoms with van der Waals surface area (Å²) in [5, 5.41) is 14.3. The molecule has 5 nitrogen and oxygen atoms in total. The van der Waals surface area contributed by atoms with Gasteiger partial charge in [-0.05, 0) is 18.6 Å². The summed E-state index contributed by atoms with van der Waals surface area (Å²) in [5.74, 6) is -0.990. The van der Waals surface area contributed by atoms with Gasteiger partial charge in [0.25, 0.3) is 0 Å². The van der Waals surface area contributed by atoms with Crippen LogP contribution in [0.25, 0.3) is 0 Å². The Balaban J connectivity index is 1.93. The van der Waals surface area contributed by atoms with Crippen LogP contribution in [0.1, 0.15) is 20.1 Å². The van der Waals surface area contributed by atoms with Crippen LogP contribution in [0.2, 0.25) is 0 Å². The molecule has 0 saturated carbocycles. The first kappa shape index (κ1) is 14.1. The number of hydrogen-bond acceptors (Lipinski definition) is 3. The van der Waals surface area contributed by atoms with E-state index in [-0.39, 0.29) is 10.9 Å². The number of carboxylic acid groups (broad SMARTS) is 1. The number of anilines is 1. The Bertz CT molecular complexity index is 623. The maximum absolute atomic E-state index is 11.8. The van der Waals surface area contributed by atoms with Gasteiger partial charge in [0.15, 0.2) is 0 Å². The lowest BCUT2D eigenvalue weighted by molar-refractivity contribution is 0.0702. The molecule has 0 aliphatic heterocycles. The third-order valence-corrected chi connectivity index (χ3v) is 3.71. The van der Waals surface area contributed by atoms with E-state index in [9.17, 15) is 9.59 Å². The van der Waals surface area contributed by atoms with Gasteiger partial charge in [0.05, 0.1) is 5.69 Å². The van der Waals surface area contributed by atoms with E-state index in [1.54, 1.807) is 6.92 Å². The third-order valence-electron chi connectivity index (χ3n) is 2.67. The van der Waals surface area contributed by atoms with Crippen molar-refractivity contribution in [2.45, 2.75) is 13.5 Å². The first-order valence-corrected chi connectivity index (χ1v) is 6.80. The van der Waals surface area contributed by atoms with Gasteiger partial charge in [-0.1, -0.05) is 30.3 Å². The molecule has 0 aliphatic rings. The summed E-state index contributed by atoms with van der Waals surface area (Å²) in [7, 11) is 0. The van der Waals surface area contributed by atoms with Crippen LogP contribution in [0, 0.1) is 6.92 Å². The van der Waals surface area contributed by atoms with E-state index in [0.717, 1.165) is 21.8 Å². The number of amides is 2. The molecule has 0 atom stereocenters. The van der Waals surface area contributed by atoms with Crippen LogP contribution in [0.5, 0.6) is 0 Å². The molecule has 1 aromatic carbocycles. The van der Waals surface area contributed by atoms with Crippen LogP contribution in [0.4, 0.5) is 10.5 Å². The number of aryl methyl sites for hydroxylation is 1. The lowest BCUT2D eigenvalue weighted by Gasteiger charge is -2.07. The molecule has 2 aromatic rings. The molecular formula is C14H14N2O3S. The number of thiophene rings is 1. The van der Waals surface area contributed by atoms with Crippen molar-refractivity contribution in [1.29, 1.82) is 0 Å². The number of nitrogens with one attached hydrogen (secondary N) is 2. The normalized spacial score (nSPS) is 10.1. The Labute approximate surface area is 120 Å². The van der Waals surface area contributed by atoms with Gasteiger partial charge >= 0.3 is 12.0 Å². The molecule has 0 bridgehead atoms. The number of carboxylic acids is 1. The van der Waals surface area contributed by atoms with Gasteiger partial charge in [0, 0.05) is 11.4 Å². The van der Waals surface area contributed by atoms with Crippen molar-refractivity contribution in [2.24, 2.45) is 0 Å². The van der Waals surface area contributed by atoms with Crippen molar-refractivity contribution in [3.05, 3.63) is 51.7 Å². The van der Waals surface area contributed by atoms with E-state index in [4.69, 9.17) is 5.11 Å². The largest absolute Gasteiger partial charge is 0.477 e. The number of benzene rings is 1. The highest BCUT2D eigenvalue weighted by atomic mass is 32.1. The van der Waals surface area contributed by atoms with Gasteiger partial charge in [0.1, 0.15) is 4.88 Å². The Morgan fingerprint density at radius 1 is 1.25 bits per heavy atom. The second kappa shape index (κ2) is 6.21. The fraction of sp³-hybridized carbons (Fsp3) is 0.143. The van der Waals surface area contributed by atoms with Gasteiger partial charge in [-0.3, -0.25) is 0 Å². The molecule has 1 aromatic heterocycles. The van der Waals surface area contributed by atoms with E-state index < -0.39 is 5.97 Å². The van der Waals surface area contributed by atoms with Gasteiger partial charge in [0.2, 0.25) is 0 Å². The second-order valence-corrected chi connectivity index (χ2v) is 5.44. The lowest BCUT2D eigenvalue weighted by Crippen LogP contribution is -2.28. The van der Waals surface area contributed by atoms with Gasteiger partial charge in [-0.15, -0.1) is 11.3 Å². The quantitative estimate of drug-likeness (QED) is 0.809. The third kappa shape index (κ3) is 3.58. The summed E-state index contributed by atoms with van der Waals surface area (Å²) in [6, 6.07) is 10.6. The van der Waals surface area contributed by atoms with Crippen LogP contribution < -0.4 is 10.6 Å². The highest BCUT2D eigenvalue weighted by molar-refractivity contribution is 7.14. The fourth-order valence-electron chi connectivity index (χ4n) is 1.66. The topological polar surface area (TPSA) is 78.4 Å². The predicted molar refractivity (Wildman–Crippen MR) is 78.3 cm³/mol. The van der Waals surface area contributed by atoms with Crippen molar-refractivity contribution in [2.75, 3.05) is 5.32 Å². The summed E-state index contributed by atoms with van der Waals surface area (Å²) in [4.78, 5) is 23.6. The summed E-state index contributed by atoms with van der Waals surface area (Å²) < 4.78 is 0. The summed E-state index contributed by atoms with van der Waals surface area (Å²) in [6.45, 7) is 2.19. The van der Waals surface area contributed by atoms with Crippen molar-refractivity contribution >= 4 is 29.0 Å². The molecule has 0 spiro atoms. The summed E-state index contributed by atoms with van der Waals surface area (Å²) in [5.41, 5.74) is 1.52. The predicted octanol–water partition coefficient (Wildman–Crippen LogP) is 3.08. The minimum atomic E-state index is -0.990. The van der Waals surface area contributed by atoms with Crippen LogP contribution in [0.3, 0.4) is 0 Å². The first-order chi connectivity index (χ1) is 9.56. The highest BCUT2D eigenvalue weighted by Gasteiger charge is 2.12. The summed E-state index contributed by atoms with van der Waals surface area (Å²) in [6.07, 6.45) is 0. The number of carbonyl (C=O) groups is 2. The zero-order valence-corrected chi connectivity index (χ0v) is 11.7. The van der Waals surface area contributed by atoms with Crippen LogP contribution in [-0.2, 0) is 6.54 Å². The van der Waals surface area contributed by atoms with Gasteiger partial charge < -0.3 is 15.7 Å². The Morgan fingerprint density at radius 2 is 1.95 bits per heavy atom. The van der Waals surface area contributed by atoms with Crippen LogP contribution in [0.15, 0.2) is 36.4 Å². The second-order valence-electron chi connectivity index (χ2n) is 4.18. The van der Waals surface area contributed by atoms with E-state index in [0.29, 0.717) is 12.2 Å². The van der Waals surface area contributed by atoms with Gasteiger partial charge in [-0.25, -0.2) is 9.59 Å². The maximum atomic E-state index is 11.8. The minimum Gasteiger partial charge on any atom is -0.477 e. The Hall–Kier alpha value is -2.34. The SMILES string of the molecule is Cc1sc(C(=O)O)cc1NC(=O)NCc1ccccc1. The number of rotatable bonds is 4. The minimum absolute atomic E-state index is 0.209. The molecule has 0 saturated heterocycles. The molecule has 0 aliphatic carbocycles. The van der Waals surface area contributed by atoms with E-state index >= 15 is 0 Å².